The Morgan fingerprint density at radius 2 is 1.74 bits per heavy atom. The van der Waals surface area contributed by atoms with Crippen LogP contribution in [0.15, 0.2) is 46.5 Å². The van der Waals surface area contributed by atoms with Crippen LogP contribution in [-0.2, 0) is 9.59 Å². The van der Waals surface area contributed by atoms with Gasteiger partial charge in [-0.3, -0.25) is 5.10 Å². The summed E-state index contributed by atoms with van der Waals surface area (Å²) in [5, 5.41) is 25.9. The Hall–Kier alpha value is -2.72. The van der Waals surface area contributed by atoms with E-state index in [2.05, 4.69) is 15.2 Å². The molecule has 0 fully saturated rings. The Balaban J connectivity index is 1.83. The summed E-state index contributed by atoms with van der Waals surface area (Å²) < 4.78 is 5.05. The number of nitrogens with one attached hydrogen (secondary N) is 1. The molecule has 0 saturated carbocycles. The minimum absolute atomic E-state index is 0.00557. The molecule has 2 aromatic carbocycles. The second-order valence-electron chi connectivity index (χ2n) is 5.89. The predicted molar refractivity (Wildman–Crippen MR) is 118 cm³/mol. The molecule has 3 rings (SSSR count). The minimum Gasteiger partial charge on any atom is -0.479 e. The lowest BCUT2D eigenvalue weighted by Gasteiger charge is -2.09. The van der Waals surface area contributed by atoms with Crippen LogP contribution in [0.1, 0.15) is 5.56 Å². The number of hydrogen-bond acceptors (Lipinski definition) is 6. The van der Waals surface area contributed by atoms with Gasteiger partial charge in [0.1, 0.15) is 4.91 Å². The molecule has 160 valence electrons. The molecule has 3 aromatic rings. The van der Waals surface area contributed by atoms with Gasteiger partial charge >= 0.3 is 11.9 Å². The third-order valence-corrected chi connectivity index (χ3v) is 5.34. The summed E-state index contributed by atoms with van der Waals surface area (Å²) in [4.78, 5) is 26.6. The van der Waals surface area contributed by atoms with Gasteiger partial charge in [0.2, 0.25) is 5.16 Å². The monoisotopic (exact) mass is 499 g/mol. The van der Waals surface area contributed by atoms with Crippen LogP contribution in [0.2, 0.25) is 15.1 Å². The third kappa shape index (κ3) is 6.14. The maximum atomic E-state index is 11.7. The maximum absolute atomic E-state index is 11.7. The van der Waals surface area contributed by atoms with Gasteiger partial charge in [-0.1, -0.05) is 34.8 Å². The van der Waals surface area contributed by atoms with Crippen LogP contribution in [0.25, 0.3) is 17.5 Å². The number of hydrogen-bond donors (Lipinski definition) is 3. The molecule has 3 N–H and O–H groups in total. The van der Waals surface area contributed by atoms with Crippen molar-refractivity contribution in [2.45, 2.75) is 5.16 Å². The summed E-state index contributed by atoms with van der Waals surface area (Å²) >= 11 is 18.9. The first-order valence-electron chi connectivity index (χ1n) is 8.37. The highest BCUT2D eigenvalue weighted by atomic mass is 35.5. The van der Waals surface area contributed by atoms with E-state index in [0.29, 0.717) is 16.4 Å². The number of nitrogens with zero attached hydrogens (tertiary/aromatic N) is 2. The van der Waals surface area contributed by atoms with Crippen LogP contribution in [0.5, 0.6) is 5.75 Å². The van der Waals surface area contributed by atoms with Crippen molar-refractivity contribution in [1.82, 2.24) is 15.2 Å². The molecule has 1 aromatic heterocycles. The van der Waals surface area contributed by atoms with Crippen molar-refractivity contribution in [2.75, 3.05) is 6.61 Å². The van der Waals surface area contributed by atoms with E-state index in [9.17, 15) is 14.7 Å². The van der Waals surface area contributed by atoms with Crippen LogP contribution < -0.4 is 4.74 Å². The summed E-state index contributed by atoms with van der Waals surface area (Å²) in [7, 11) is 0. The van der Waals surface area contributed by atoms with Crippen LogP contribution in [0.4, 0.5) is 0 Å². The quantitative estimate of drug-likeness (QED) is 0.288. The Morgan fingerprint density at radius 1 is 1.10 bits per heavy atom. The van der Waals surface area contributed by atoms with Crippen molar-refractivity contribution in [2.24, 2.45) is 0 Å². The smallest absolute Gasteiger partial charge is 0.342 e. The van der Waals surface area contributed by atoms with Crippen LogP contribution in [0.3, 0.4) is 0 Å². The van der Waals surface area contributed by atoms with Crippen LogP contribution in [-0.4, -0.2) is 43.9 Å². The molecule has 0 aliphatic heterocycles. The second-order valence-corrected chi connectivity index (χ2v) is 8.15. The van der Waals surface area contributed by atoms with E-state index in [-0.39, 0.29) is 25.9 Å². The number of rotatable bonds is 8. The second kappa shape index (κ2) is 10.1. The highest BCUT2D eigenvalue weighted by Gasteiger charge is 2.16. The van der Waals surface area contributed by atoms with Crippen molar-refractivity contribution in [3.05, 3.63) is 61.9 Å². The SMILES string of the molecule is O=C(O)COc1c(Cl)cc(/C=C(\Sc2n[nH]c(-c3ccc(Cl)cc3)n2)C(=O)O)cc1Cl. The lowest BCUT2D eigenvalue weighted by Crippen LogP contribution is -2.10. The van der Waals surface area contributed by atoms with Gasteiger partial charge in [0.05, 0.1) is 10.0 Å². The Kier molecular flexibility index (Phi) is 7.45. The Morgan fingerprint density at radius 3 is 2.32 bits per heavy atom. The lowest BCUT2D eigenvalue weighted by molar-refractivity contribution is -0.139. The highest BCUT2D eigenvalue weighted by molar-refractivity contribution is 8.04. The number of aromatic nitrogens is 3. The minimum atomic E-state index is -1.21. The van der Waals surface area contributed by atoms with Crippen LogP contribution in [0, 0.1) is 0 Å². The first-order chi connectivity index (χ1) is 14.7. The zero-order valence-electron chi connectivity index (χ0n) is 15.3. The van der Waals surface area contributed by atoms with Gasteiger partial charge in [0.15, 0.2) is 18.2 Å². The molecular weight excluding hydrogens is 489 g/mol. The number of benzene rings is 2. The first kappa shape index (κ1) is 23.0. The molecule has 0 aliphatic rings. The van der Waals surface area contributed by atoms with E-state index in [1.54, 1.807) is 24.3 Å². The number of ether oxygens (including phenoxy) is 1. The van der Waals surface area contributed by atoms with Gasteiger partial charge in [-0.15, -0.1) is 5.10 Å². The number of aromatic amines is 1. The first-order valence-corrected chi connectivity index (χ1v) is 10.3. The summed E-state index contributed by atoms with van der Waals surface area (Å²) in [6.07, 6.45) is 1.34. The van der Waals surface area contributed by atoms with Gasteiger partial charge in [-0.2, -0.15) is 0 Å². The zero-order chi connectivity index (χ0) is 22.5. The van der Waals surface area contributed by atoms with E-state index in [0.717, 1.165) is 17.3 Å². The van der Waals surface area contributed by atoms with E-state index in [1.807, 2.05) is 0 Å². The predicted octanol–water partition coefficient (Wildman–Crippen LogP) is 5.11. The maximum Gasteiger partial charge on any atom is 0.342 e. The molecule has 0 unspecified atom stereocenters. The van der Waals surface area contributed by atoms with Gasteiger partial charge in [-0.05, 0) is 59.8 Å². The molecule has 0 bridgehead atoms. The average Bonchev–Trinajstić information content (AvgIpc) is 3.15. The van der Waals surface area contributed by atoms with E-state index in [4.69, 9.17) is 44.6 Å². The normalized spacial score (nSPS) is 11.4. The number of carbonyl (C=O) groups is 2. The van der Waals surface area contributed by atoms with E-state index in [1.165, 1.54) is 18.2 Å². The van der Waals surface area contributed by atoms with Crippen molar-refractivity contribution >= 4 is 64.6 Å². The zero-order valence-corrected chi connectivity index (χ0v) is 18.4. The number of aliphatic carboxylic acids is 2. The van der Waals surface area contributed by atoms with E-state index < -0.39 is 18.5 Å². The fourth-order valence-corrected chi connectivity index (χ4v) is 3.79. The average molecular weight is 501 g/mol. The van der Waals surface area contributed by atoms with Gasteiger partial charge in [0.25, 0.3) is 0 Å². The third-order valence-electron chi connectivity index (χ3n) is 3.65. The van der Waals surface area contributed by atoms with Crippen molar-refractivity contribution in [3.63, 3.8) is 0 Å². The topological polar surface area (TPSA) is 125 Å². The number of H-pyrrole nitrogens is 1. The molecule has 31 heavy (non-hydrogen) atoms. The lowest BCUT2D eigenvalue weighted by atomic mass is 10.2. The number of thioether (sulfide) groups is 1. The number of carboxylic acid groups (broad SMARTS) is 2. The molecule has 0 spiro atoms. The molecule has 0 saturated heterocycles. The van der Waals surface area contributed by atoms with Crippen molar-refractivity contribution in [3.8, 4) is 17.1 Å². The van der Waals surface area contributed by atoms with Crippen LogP contribution >= 0.6 is 46.6 Å². The summed E-state index contributed by atoms with van der Waals surface area (Å²) in [5.74, 6) is -1.95. The largest absolute Gasteiger partial charge is 0.479 e. The molecule has 1 heterocycles. The standard InChI is InChI=1S/C19H12Cl3N3O5S/c20-11-3-1-10(2-4-11)17-23-19(25-24-17)31-14(18(28)29)7-9-5-12(21)16(13(22)6-9)30-8-15(26)27/h1-7H,8H2,(H,26,27)(H,28,29)(H,23,24,25)/b14-7-. The van der Waals surface area contributed by atoms with Gasteiger partial charge in [-0.25, -0.2) is 14.6 Å². The van der Waals surface area contributed by atoms with Crippen molar-refractivity contribution < 1.29 is 24.5 Å². The Labute approximate surface area is 194 Å². The fraction of sp³-hybridized carbons (Fsp3) is 0.0526. The van der Waals surface area contributed by atoms with Gasteiger partial charge < -0.3 is 14.9 Å². The fourth-order valence-electron chi connectivity index (χ4n) is 2.35. The molecular formula is C19H12Cl3N3O5S. The molecule has 0 radical (unpaired) electrons. The van der Waals surface area contributed by atoms with E-state index >= 15 is 0 Å². The molecule has 8 nitrogen and oxygen atoms in total. The number of halogens is 3. The molecule has 12 heteroatoms. The van der Waals surface area contributed by atoms with Crippen molar-refractivity contribution in [1.29, 1.82) is 0 Å². The Bertz CT molecular complexity index is 1140. The summed E-state index contributed by atoms with van der Waals surface area (Å²) in [5.41, 5.74) is 1.11. The summed E-state index contributed by atoms with van der Waals surface area (Å²) in [6, 6.07) is 9.72. The summed E-state index contributed by atoms with van der Waals surface area (Å²) in [6.45, 7) is -0.619. The van der Waals surface area contributed by atoms with Gasteiger partial charge in [0, 0.05) is 10.6 Å². The highest BCUT2D eigenvalue weighted by Crippen LogP contribution is 2.36. The molecule has 0 aliphatic carbocycles. The number of carboxylic acids is 2. The molecule has 0 atom stereocenters. The molecule has 0 amide bonds.